The van der Waals surface area contributed by atoms with E-state index in [2.05, 4.69) is 11.2 Å². The molecule has 0 aromatic carbocycles. The zero-order chi connectivity index (χ0) is 10.3. The summed E-state index contributed by atoms with van der Waals surface area (Å²) in [6.07, 6.45) is 7.68. The average Bonchev–Trinajstić information content (AvgIpc) is 2.96. The average molecular weight is 201 g/mol. The molecule has 0 radical (unpaired) electrons. The highest BCUT2D eigenvalue weighted by Crippen LogP contribution is 2.37. The summed E-state index contributed by atoms with van der Waals surface area (Å²) in [5.74, 6) is 0.860. The molecule has 1 atom stereocenters. The third-order valence-electron chi connectivity index (χ3n) is 3.14. The van der Waals surface area contributed by atoms with Gasteiger partial charge < -0.3 is 5.73 Å². The molecule has 0 amide bonds. The predicted octanol–water partition coefficient (Wildman–Crippen LogP) is 2.13. The maximum Gasteiger partial charge on any atom is 0.0709 e. The molecule has 78 valence electrons. The van der Waals surface area contributed by atoms with Gasteiger partial charge in [0.1, 0.15) is 0 Å². The van der Waals surface area contributed by atoms with Crippen LogP contribution in [0.5, 0.6) is 0 Å². The molecular formula is C12H15N3. The molecule has 3 nitrogen and oxygen atoms in total. The Morgan fingerprint density at radius 2 is 2.33 bits per heavy atom. The summed E-state index contributed by atoms with van der Waals surface area (Å²) in [5.41, 5.74) is 8.52. The van der Waals surface area contributed by atoms with Gasteiger partial charge in [0, 0.05) is 17.8 Å². The van der Waals surface area contributed by atoms with Crippen molar-refractivity contribution in [2.45, 2.75) is 25.3 Å². The fraction of sp³-hybridized carbons (Fsp3) is 0.417. The summed E-state index contributed by atoms with van der Waals surface area (Å²) in [6.45, 7) is 0. The maximum atomic E-state index is 6.19. The van der Waals surface area contributed by atoms with Crippen LogP contribution in [0.25, 0.3) is 5.52 Å². The summed E-state index contributed by atoms with van der Waals surface area (Å²) >= 11 is 0. The van der Waals surface area contributed by atoms with Gasteiger partial charge >= 0.3 is 0 Å². The zero-order valence-corrected chi connectivity index (χ0v) is 8.63. The van der Waals surface area contributed by atoms with E-state index in [0.717, 1.165) is 17.9 Å². The van der Waals surface area contributed by atoms with Gasteiger partial charge in [-0.25, -0.2) is 4.52 Å². The third kappa shape index (κ3) is 1.63. The lowest BCUT2D eigenvalue weighted by Crippen LogP contribution is -2.10. The number of rotatable bonds is 3. The molecule has 1 saturated carbocycles. The molecule has 1 aliphatic carbocycles. The summed E-state index contributed by atoms with van der Waals surface area (Å²) in [7, 11) is 0. The monoisotopic (exact) mass is 201 g/mol. The smallest absolute Gasteiger partial charge is 0.0709 e. The van der Waals surface area contributed by atoms with Crippen molar-refractivity contribution in [3.63, 3.8) is 0 Å². The number of nitrogens with two attached hydrogens (primary N) is 1. The molecule has 2 heterocycles. The summed E-state index contributed by atoms with van der Waals surface area (Å²) < 4.78 is 1.89. The van der Waals surface area contributed by atoms with Gasteiger partial charge in [0.2, 0.25) is 0 Å². The van der Waals surface area contributed by atoms with Gasteiger partial charge in [0.05, 0.1) is 11.7 Å². The van der Waals surface area contributed by atoms with Gasteiger partial charge in [-0.3, -0.25) is 0 Å². The lowest BCUT2D eigenvalue weighted by atomic mass is 10.0. The van der Waals surface area contributed by atoms with E-state index in [-0.39, 0.29) is 6.04 Å². The van der Waals surface area contributed by atoms with Gasteiger partial charge in [0.15, 0.2) is 0 Å². The van der Waals surface area contributed by atoms with Crippen LogP contribution in [0.15, 0.2) is 30.6 Å². The van der Waals surface area contributed by atoms with Crippen LogP contribution >= 0.6 is 0 Å². The van der Waals surface area contributed by atoms with Crippen LogP contribution in [-0.2, 0) is 0 Å². The number of pyridine rings is 1. The molecule has 1 aliphatic rings. The van der Waals surface area contributed by atoms with E-state index in [1.807, 2.05) is 29.0 Å². The van der Waals surface area contributed by atoms with E-state index in [4.69, 9.17) is 5.73 Å². The number of fused-ring (bicyclic) bond motifs is 1. The Hall–Kier alpha value is -1.35. The second-order valence-corrected chi connectivity index (χ2v) is 4.42. The van der Waals surface area contributed by atoms with Crippen LogP contribution in [0.3, 0.4) is 0 Å². The Labute approximate surface area is 88.9 Å². The molecule has 1 unspecified atom stereocenters. The van der Waals surface area contributed by atoms with Gasteiger partial charge in [-0.2, -0.15) is 5.10 Å². The minimum absolute atomic E-state index is 0.150. The fourth-order valence-electron chi connectivity index (χ4n) is 2.08. The number of aromatic nitrogens is 2. The minimum atomic E-state index is 0.150. The topological polar surface area (TPSA) is 43.3 Å². The van der Waals surface area contributed by atoms with E-state index < -0.39 is 0 Å². The molecule has 0 saturated heterocycles. The zero-order valence-electron chi connectivity index (χ0n) is 8.63. The van der Waals surface area contributed by atoms with Crippen molar-refractivity contribution in [3.05, 3.63) is 36.2 Å². The Morgan fingerprint density at radius 3 is 3.13 bits per heavy atom. The van der Waals surface area contributed by atoms with E-state index in [1.165, 1.54) is 18.4 Å². The van der Waals surface area contributed by atoms with Crippen molar-refractivity contribution in [2.75, 3.05) is 0 Å². The van der Waals surface area contributed by atoms with Crippen molar-refractivity contribution in [1.29, 1.82) is 0 Å². The summed E-state index contributed by atoms with van der Waals surface area (Å²) in [5, 5.41) is 4.30. The first-order chi connectivity index (χ1) is 7.34. The van der Waals surface area contributed by atoms with Crippen molar-refractivity contribution in [2.24, 2.45) is 11.7 Å². The molecule has 3 heteroatoms. The van der Waals surface area contributed by atoms with Crippen LogP contribution in [0.2, 0.25) is 0 Å². The number of hydrogen-bond acceptors (Lipinski definition) is 2. The van der Waals surface area contributed by atoms with Crippen LogP contribution in [0.1, 0.15) is 30.9 Å². The normalized spacial score (nSPS) is 18.2. The van der Waals surface area contributed by atoms with Gasteiger partial charge in [-0.05, 0) is 24.5 Å². The summed E-state index contributed by atoms with van der Waals surface area (Å²) in [4.78, 5) is 0. The molecule has 0 spiro atoms. The van der Waals surface area contributed by atoms with Crippen molar-refractivity contribution in [1.82, 2.24) is 9.61 Å². The van der Waals surface area contributed by atoms with Crippen LogP contribution < -0.4 is 5.73 Å². The molecule has 0 aliphatic heterocycles. The lowest BCUT2D eigenvalue weighted by molar-refractivity contribution is 0.600. The number of hydrogen-bond donors (Lipinski definition) is 1. The van der Waals surface area contributed by atoms with E-state index >= 15 is 0 Å². The van der Waals surface area contributed by atoms with E-state index in [9.17, 15) is 0 Å². The van der Waals surface area contributed by atoms with Gasteiger partial charge in [0.25, 0.3) is 0 Å². The number of nitrogens with zero attached hydrogens (tertiary/aromatic N) is 2. The third-order valence-corrected chi connectivity index (χ3v) is 3.14. The van der Waals surface area contributed by atoms with E-state index in [0.29, 0.717) is 0 Å². The second kappa shape index (κ2) is 3.35. The first-order valence-corrected chi connectivity index (χ1v) is 5.52. The molecule has 0 bridgehead atoms. The molecular weight excluding hydrogens is 186 g/mol. The Kier molecular flexibility index (Phi) is 1.99. The Bertz CT molecular complexity index is 470. The van der Waals surface area contributed by atoms with Crippen LogP contribution in [0.4, 0.5) is 0 Å². The van der Waals surface area contributed by atoms with Gasteiger partial charge in [-0.15, -0.1) is 0 Å². The highest BCUT2D eigenvalue weighted by molar-refractivity contribution is 5.54. The molecule has 3 rings (SSSR count). The lowest BCUT2D eigenvalue weighted by Gasteiger charge is -2.08. The van der Waals surface area contributed by atoms with Crippen molar-refractivity contribution in [3.8, 4) is 0 Å². The Morgan fingerprint density at radius 1 is 1.47 bits per heavy atom. The van der Waals surface area contributed by atoms with Crippen molar-refractivity contribution >= 4 is 5.52 Å². The fourth-order valence-corrected chi connectivity index (χ4v) is 2.08. The maximum absolute atomic E-state index is 6.19. The van der Waals surface area contributed by atoms with Crippen molar-refractivity contribution < 1.29 is 0 Å². The molecule has 2 aromatic heterocycles. The first-order valence-electron chi connectivity index (χ1n) is 5.52. The summed E-state index contributed by atoms with van der Waals surface area (Å²) in [6, 6.07) is 6.24. The first kappa shape index (κ1) is 8.92. The standard InChI is InChI=1S/C12H15N3/c13-11(7-9-4-5-9)10-8-14-15-6-2-1-3-12(10)15/h1-3,6,8-9,11H,4-5,7,13H2. The second-order valence-electron chi connectivity index (χ2n) is 4.42. The molecule has 2 aromatic rings. The largest absolute Gasteiger partial charge is 0.324 e. The Balaban J connectivity index is 1.95. The molecule has 1 fully saturated rings. The van der Waals surface area contributed by atoms with Crippen LogP contribution in [0, 0.1) is 5.92 Å². The van der Waals surface area contributed by atoms with Crippen LogP contribution in [-0.4, -0.2) is 9.61 Å². The highest BCUT2D eigenvalue weighted by atomic mass is 15.2. The molecule has 15 heavy (non-hydrogen) atoms. The predicted molar refractivity (Wildman–Crippen MR) is 59.5 cm³/mol. The minimum Gasteiger partial charge on any atom is -0.324 e. The van der Waals surface area contributed by atoms with Gasteiger partial charge in [-0.1, -0.05) is 18.9 Å². The highest BCUT2D eigenvalue weighted by Gasteiger charge is 2.25. The van der Waals surface area contributed by atoms with E-state index in [1.54, 1.807) is 0 Å². The quantitative estimate of drug-likeness (QED) is 0.826. The SMILES string of the molecule is NC(CC1CC1)c1cnn2ccccc12. The molecule has 2 N–H and O–H groups in total.